The van der Waals surface area contributed by atoms with E-state index in [1.807, 2.05) is 0 Å². The maximum atomic E-state index is 13.7. The van der Waals surface area contributed by atoms with E-state index in [1.54, 1.807) is 24.3 Å². The minimum absolute atomic E-state index is 0.141. The van der Waals surface area contributed by atoms with Gasteiger partial charge in [-0.1, -0.05) is 24.3 Å². The lowest BCUT2D eigenvalue weighted by Crippen LogP contribution is -2.22. The molecule has 0 aliphatic heterocycles. The number of rotatable bonds is 8. The normalized spacial score (nSPS) is 11.6. The number of nitrogens with one attached hydrogen (secondary N) is 1. The summed E-state index contributed by atoms with van der Waals surface area (Å²) in [7, 11) is 1.12. The molecule has 0 saturated carbocycles. The van der Waals surface area contributed by atoms with Gasteiger partial charge in [0.25, 0.3) is 0 Å². The van der Waals surface area contributed by atoms with Gasteiger partial charge in [0, 0.05) is 31.9 Å². The average Bonchev–Trinajstić information content (AvgIpc) is 2.50. The number of ether oxygens (including phenoxy) is 1. The third kappa shape index (κ3) is 5.63. The zero-order valence-corrected chi connectivity index (χ0v) is 12.7. The van der Waals surface area contributed by atoms with Crippen LogP contribution < -0.4 is 5.32 Å². The van der Waals surface area contributed by atoms with Crippen LogP contribution in [0.25, 0.3) is 0 Å². The van der Waals surface area contributed by atoms with Crippen LogP contribution in [-0.2, 0) is 20.7 Å². The molecule has 1 N–H and O–H groups in total. The van der Waals surface area contributed by atoms with Crippen molar-refractivity contribution < 1.29 is 23.5 Å². The highest BCUT2D eigenvalue weighted by molar-refractivity contribution is 5.97. The smallest absolute Gasteiger partial charge is 0.340 e. The Bertz CT molecular complexity index is 545. The summed E-state index contributed by atoms with van der Waals surface area (Å²) < 4.78 is 18.0. The average molecular weight is 309 g/mol. The summed E-state index contributed by atoms with van der Waals surface area (Å²) in [5, 5.41) is 2.61. The van der Waals surface area contributed by atoms with Crippen molar-refractivity contribution in [2.24, 2.45) is 0 Å². The zero-order chi connectivity index (χ0) is 16.5. The van der Waals surface area contributed by atoms with Crippen molar-refractivity contribution in [1.82, 2.24) is 5.32 Å². The van der Waals surface area contributed by atoms with E-state index in [9.17, 15) is 18.8 Å². The monoisotopic (exact) mass is 309 g/mol. The maximum Gasteiger partial charge on any atom is 0.340 e. The van der Waals surface area contributed by atoms with Gasteiger partial charge >= 0.3 is 5.97 Å². The van der Waals surface area contributed by atoms with Crippen molar-refractivity contribution in [2.75, 3.05) is 13.7 Å². The fourth-order valence-corrected chi connectivity index (χ4v) is 2.02. The molecule has 5 nitrogen and oxygen atoms in total. The Kier molecular flexibility index (Phi) is 7.22. The molecular formula is C16H20FNO4. The second kappa shape index (κ2) is 8.92. The topological polar surface area (TPSA) is 72.5 Å². The molecule has 1 atom stereocenters. The van der Waals surface area contributed by atoms with Crippen LogP contribution in [0.15, 0.2) is 24.3 Å². The summed E-state index contributed by atoms with van der Waals surface area (Å²) in [4.78, 5) is 34.1. The van der Waals surface area contributed by atoms with Crippen LogP contribution in [0.3, 0.4) is 0 Å². The number of halogens is 1. The van der Waals surface area contributed by atoms with Gasteiger partial charge in [-0.3, -0.25) is 9.59 Å². The lowest BCUT2D eigenvalue weighted by Gasteiger charge is -2.11. The molecule has 1 amide bonds. The minimum atomic E-state index is -1.79. The number of hydrogen-bond acceptors (Lipinski definition) is 4. The molecule has 0 aromatic heterocycles. The molecule has 120 valence electrons. The van der Waals surface area contributed by atoms with Crippen LogP contribution in [-0.4, -0.2) is 37.5 Å². The quantitative estimate of drug-likeness (QED) is 0.452. The molecule has 0 radical (unpaired) electrons. The van der Waals surface area contributed by atoms with Gasteiger partial charge in [-0.2, -0.15) is 0 Å². The third-order valence-corrected chi connectivity index (χ3v) is 3.13. The first kappa shape index (κ1) is 17.8. The highest BCUT2D eigenvalue weighted by atomic mass is 19.1. The SMILES string of the molecule is COC(=O)C(F)Cc1ccccc1C(=O)CCCNC(C)=O. The second-order valence-electron chi connectivity index (χ2n) is 4.86. The molecule has 0 spiro atoms. The van der Waals surface area contributed by atoms with Gasteiger partial charge in [-0.25, -0.2) is 9.18 Å². The Labute approximate surface area is 128 Å². The number of esters is 1. The van der Waals surface area contributed by atoms with Gasteiger partial charge in [-0.15, -0.1) is 0 Å². The van der Waals surface area contributed by atoms with E-state index < -0.39 is 12.1 Å². The molecule has 1 unspecified atom stereocenters. The molecule has 6 heteroatoms. The number of carbonyl (C=O) groups excluding carboxylic acids is 3. The summed E-state index contributed by atoms with van der Waals surface area (Å²) in [6, 6.07) is 6.61. The molecule has 1 aromatic carbocycles. The third-order valence-electron chi connectivity index (χ3n) is 3.13. The molecule has 0 aliphatic rings. The highest BCUT2D eigenvalue weighted by Crippen LogP contribution is 2.16. The fraction of sp³-hybridized carbons (Fsp3) is 0.438. The van der Waals surface area contributed by atoms with Crippen LogP contribution in [0, 0.1) is 0 Å². The van der Waals surface area contributed by atoms with E-state index >= 15 is 0 Å². The number of hydrogen-bond donors (Lipinski definition) is 1. The van der Waals surface area contributed by atoms with Crippen LogP contribution in [0.1, 0.15) is 35.7 Å². The molecule has 22 heavy (non-hydrogen) atoms. The molecule has 0 heterocycles. The summed E-state index contributed by atoms with van der Waals surface area (Å²) >= 11 is 0. The van der Waals surface area contributed by atoms with Crippen LogP contribution in [0.4, 0.5) is 4.39 Å². The van der Waals surface area contributed by atoms with Crippen LogP contribution in [0.5, 0.6) is 0 Å². The van der Waals surface area contributed by atoms with Gasteiger partial charge in [0.2, 0.25) is 12.1 Å². The van der Waals surface area contributed by atoms with Crippen molar-refractivity contribution in [3.8, 4) is 0 Å². The Morgan fingerprint density at radius 2 is 1.95 bits per heavy atom. The Morgan fingerprint density at radius 3 is 2.59 bits per heavy atom. The van der Waals surface area contributed by atoms with Gasteiger partial charge in [0.15, 0.2) is 5.78 Å². The standard InChI is InChI=1S/C16H20FNO4/c1-11(19)18-9-5-8-15(20)13-7-4-3-6-12(13)10-14(17)16(21)22-2/h3-4,6-7,14H,5,8-10H2,1-2H3,(H,18,19). The molecule has 0 fully saturated rings. The Balaban J connectivity index is 2.68. The van der Waals surface area contributed by atoms with Crippen molar-refractivity contribution in [2.45, 2.75) is 32.4 Å². The summed E-state index contributed by atoms with van der Waals surface area (Å²) in [5.41, 5.74) is 0.877. The number of amides is 1. The molecular weight excluding hydrogens is 289 g/mol. The van der Waals surface area contributed by atoms with Crippen LogP contribution >= 0.6 is 0 Å². The number of methoxy groups -OCH3 is 1. The predicted molar refractivity (Wildman–Crippen MR) is 79.3 cm³/mol. The molecule has 1 rings (SSSR count). The van der Waals surface area contributed by atoms with E-state index in [4.69, 9.17) is 0 Å². The van der Waals surface area contributed by atoms with Gasteiger partial charge in [0.1, 0.15) is 0 Å². The predicted octanol–water partition coefficient (Wildman–Crippen LogP) is 1.84. The van der Waals surface area contributed by atoms with Crippen LogP contribution in [0.2, 0.25) is 0 Å². The van der Waals surface area contributed by atoms with Gasteiger partial charge in [0.05, 0.1) is 7.11 Å². The van der Waals surface area contributed by atoms with E-state index in [-0.39, 0.29) is 24.5 Å². The Morgan fingerprint density at radius 1 is 1.27 bits per heavy atom. The van der Waals surface area contributed by atoms with E-state index in [2.05, 4.69) is 10.1 Å². The largest absolute Gasteiger partial charge is 0.467 e. The second-order valence-corrected chi connectivity index (χ2v) is 4.86. The number of ketones is 1. The number of alkyl halides is 1. The Hall–Kier alpha value is -2.24. The van der Waals surface area contributed by atoms with E-state index in [1.165, 1.54) is 6.92 Å². The summed E-state index contributed by atoms with van der Waals surface area (Å²) in [6.07, 6.45) is -1.24. The van der Waals surface area contributed by atoms with Crippen molar-refractivity contribution >= 4 is 17.7 Å². The van der Waals surface area contributed by atoms with Crippen molar-refractivity contribution in [3.05, 3.63) is 35.4 Å². The first-order valence-corrected chi connectivity index (χ1v) is 7.03. The van der Waals surface area contributed by atoms with E-state index in [0.29, 0.717) is 24.1 Å². The maximum absolute atomic E-state index is 13.7. The summed E-state index contributed by atoms with van der Waals surface area (Å²) in [5.74, 6) is -1.24. The fourth-order valence-electron chi connectivity index (χ4n) is 2.02. The molecule has 0 aliphatic carbocycles. The van der Waals surface area contributed by atoms with E-state index in [0.717, 1.165) is 7.11 Å². The number of carbonyl (C=O) groups is 3. The lowest BCUT2D eigenvalue weighted by atomic mass is 9.97. The lowest BCUT2D eigenvalue weighted by molar-refractivity contribution is -0.146. The zero-order valence-electron chi connectivity index (χ0n) is 12.7. The van der Waals surface area contributed by atoms with Crippen molar-refractivity contribution in [1.29, 1.82) is 0 Å². The number of Topliss-reactive ketones (excluding diaryl/α,β-unsaturated/α-hetero) is 1. The molecule has 0 bridgehead atoms. The first-order chi connectivity index (χ1) is 10.5. The highest BCUT2D eigenvalue weighted by Gasteiger charge is 2.21. The minimum Gasteiger partial charge on any atom is -0.467 e. The van der Waals surface area contributed by atoms with Gasteiger partial charge in [-0.05, 0) is 12.0 Å². The van der Waals surface area contributed by atoms with Gasteiger partial charge < -0.3 is 10.1 Å². The molecule has 1 aromatic rings. The summed E-state index contributed by atoms with van der Waals surface area (Å²) in [6.45, 7) is 1.82. The van der Waals surface area contributed by atoms with Crippen molar-refractivity contribution in [3.63, 3.8) is 0 Å². The molecule has 0 saturated heterocycles. The number of benzene rings is 1. The first-order valence-electron chi connectivity index (χ1n) is 7.03.